The van der Waals surface area contributed by atoms with E-state index in [0.29, 0.717) is 0 Å². The first-order valence-electron chi connectivity index (χ1n) is 3.21. The zero-order valence-corrected chi connectivity index (χ0v) is 5.36. The van der Waals surface area contributed by atoms with Crippen LogP contribution in [0.5, 0.6) is 0 Å². The molecule has 1 rings (SSSR count). The van der Waals surface area contributed by atoms with Gasteiger partial charge in [-0.3, -0.25) is 0 Å². The Bertz CT molecular complexity index is 115. The first kappa shape index (κ1) is 7.85. The third-order valence-corrected chi connectivity index (χ3v) is 1.96. The fraction of sp³-hybridized carbons (Fsp3) is 1.00. The Kier molecular flexibility index (Phi) is 1.90. The molecule has 0 unspecified atom stereocenters. The fourth-order valence-electron chi connectivity index (χ4n) is 1.15. The third kappa shape index (κ3) is 1.42. The molecule has 1 nitrogen and oxygen atoms in total. The van der Waals surface area contributed by atoms with Crippen molar-refractivity contribution in [3.63, 3.8) is 0 Å². The largest absolute Gasteiger partial charge is 0.396 e. The van der Waals surface area contributed by atoms with Crippen LogP contribution in [0.15, 0.2) is 0 Å². The Morgan fingerprint density at radius 1 is 1.30 bits per heavy atom. The average Bonchev–Trinajstić information content (AvgIpc) is 1.57. The van der Waals surface area contributed by atoms with Crippen molar-refractivity contribution >= 4 is 0 Å². The molecule has 60 valence electrons. The monoisotopic (exact) mass is 154 g/mol. The van der Waals surface area contributed by atoms with Crippen molar-refractivity contribution < 1.29 is 18.3 Å². The lowest BCUT2D eigenvalue weighted by molar-refractivity contribution is -0.206. The first-order valence-corrected chi connectivity index (χ1v) is 3.21. The van der Waals surface area contributed by atoms with Crippen LogP contribution in [0.25, 0.3) is 0 Å². The topological polar surface area (TPSA) is 20.2 Å². The Hall–Kier alpha value is -0.250. The minimum atomic E-state index is -4.04. The van der Waals surface area contributed by atoms with Crippen molar-refractivity contribution in [2.24, 2.45) is 11.8 Å². The number of halogens is 3. The Labute approximate surface area is 56.8 Å². The van der Waals surface area contributed by atoms with Gasteiger partial charge in [0.2, 0.25) is 0 Å². The normalized spacial score (nSPS) is 33.6. The molecule has 1 aliphatic rings. The molecule has 0 saturated heterocycles. The summed E-state index contributed by atoms with van der Waals surface area (Å²) < 4.78 is 35.2. The number of aliphatic hydroxyl groups excluding tert-OH is 1. The van der Waals surface area contributed by atoms with Crippen LogP contribution in [-0.4, -0.2) is 17.9 Å². The predicted molar refractivity (Wildman–Crippen MR) is 29.4 cm³/mol. The second kappa shape index (κ2) is 2.42. The quantitative estimate of drug-likeness (QED) is 0.607. The molecule has 0 spiro atoms. The first-order chi connectivity index (χ1) is 4.54. The van der Waals surface area contributed by atoms with Crippen LogP contribution in [0.4, 0.5) is 13.2 Å². The molecule has 0 heterocycles. The molecule has 0 aliphatic heterocycles. The van der Waals surface area contributed by atoms with Crippen molar-refractivity contribution in [2.75, 3.05) is 6.61 Å². The van der Waals surface area contributed by atoms with Gasteiger partial charge in [-0.25, -0.2) is 0 Å². The molecule has 10 heavy (non-hydrogen) atoms. The molecule has 1 N–H and O–H groups in total. The minimum absolute atomic E-state index is 0.105. The van der Waals surface area contributed by atoms with E-state index in [9.17, 15) is 13.2 Å². The van der Waals surface area contributed by atoms with Gasteiger partial charge < -0.3 is 5.11 Å². The van der Waals surface area contributed by atoms with Crippen molar-refractivity contribution in [1.29, 1.82) is 0 Å². The molecule has 0 aromatic heterocycles. The highest BCUT2D eigenvalue weighted by Gasteiger charge is 2.47. The highest BCUT2D eigenvalue weighted by Crippen LogP contribution is 2.44. The average molecular weight is 154 g/mol. The lowest BCUT2D eigenvalue weighted by Crippen LogP contribution is -2.37. The van der Waals surface area contributed by atoms with E-state index in [2.05, 4.69) is 0 Å². The summed E-state index contributed by atoms with van der Waals surface area (Å²) in [6.45, 7) is -0.105. The number of alkyl halides is 3. The zero-order chi connectivity index (χ0) is 7.78. The molecule has 0 aromatic rings. The van der Waals surface area contributed by atoms with E-state index in [1.54, 1.807) is 0 Å². The molecular formula is C6H9F3O. The molecule has 4 heteroatoms. The number of hydrogen-bond donors (Lipinski definition) is 1. The highest BCUT2D eigenvalue weighted by molar-refractivity contribution is 4.83. The summed E-state index contributed by atoms with van der Waals surface area (Å²) in [7, 11) is 0. The maximum atomic E-state index is 11.7. The summed E-state index contributed by atoms with van der Waals surface area (Å²) in [6, 6.07) is 0. The van der Waals surface area contributed by atoms with Gasteiger partial charge in [-0.15, -0.1) is 0 Å². The predicted octanol–water partition coefficient (Wildman–Crippen LogP) is 1.57. The summed E-state index contributed by atoms with van der Waals surface area (Å²) in [5.41, 5.74) is 0. The maximum Gasteiger partial charge on any atom is 0.391 e. The number of hydrogen-bond acceptors (Lipinski definition) is 1. The van der Waals surface area contributed by atoms with Crippen LogP contribution in [0, 0.1) is 11.8 Å². The number of aliphatic hydroxyl groups is 1. The van der Waals surface area contributed by atoms with Crippen molar-refractivity contribution in [3.8, 4) is 0 Å². The molecule has 0 radical (unpaired) electrons. The van der Waals surface area contributed by atoms with Crippen LogP contribution in [0.1, 0.15) is 12.8 Å². The lowest BCUT2D eigenvalue weighted by Gasteiger charge is -2.35. The highest BCUT2D eigenvalue weighted by atomic mass is 19.4. The summed E-state index contributed by atoms with van der Waals surface area (Å²) >= 11 is 0. The van der Waals surface area contributed by atoms with Crippen molar-refractivity contribution in [2.45, 2.75) is 19.0 Å². The van der Waals surface area contributed by atoms with E-state index < -0.39 is 12.1 Å². The van der Waals surface area contributed by atoms with Gasteiger partial charge in [0.05, 0.1) is 5.92 Å². The van der Waals surface area contributed by atoms with Gasteiger partial charge in [0.15, 0.2) is 0 Å². The van der Waals surface area contributed by atoms with Crippen molar-refractivity contribution in [1.82, 2.24) is 0 Å². The van der Waals surface area contributed by atoms with Gasteiger partial charge in [-0.05, 0) is 18.8 Å². The zero-order valence-electron chi connectivity index (χ0n) is 5.36. The van der Waals surface area contributed by atoms with Crippen LogP contribution in [-0.2, 0) is 0 Å². The Morgan fingerprint density at radius 2 is 1.80 bits per heavy atom. The van der Waals surface area contributed by atoms with Gasteiger partial charge in [0.1, 0.15) is 0 Å². The Balaban J connectivity index is 2.26. The van der Waals surface area contributed by atoms with E-state index >= 15 is 0 Å². The summed E-state index contributed by atoms with van der Waals surface area (Å²) in [5, 5.41) is 8.40. The van der Waals surface area contributed by atoms with Gasteiger partial charge in [-0.2, -0.15) is 13.2 Å². The van der Waals surface area contributed by atoms with E-state index in [1.165, 1.54) is 0 Å². The lowest BCUT2D eigenvalue weighted by atomic mass is 9.75. The van der Waals surface area contributed by atoms with Crippen molar-refractivity contribution in [3.05, 3.63) is 0 Å². The minimum Gasteiger partial charge on any atom is -0.396 e. The maximum absolute atomic E-state index is 11.7. The molecule has 1 saturated carbocycles. The summed E-state index contributed by atoms with van der Waals surface area (Å²) in [4.78, 5) is 0. The van der Waals surface area contributed by atoms with Gasteiger partial charge in [-0.1, -0.05) is 0 Å². The molecule has 0 aromatic carbocycles. The fourth-order valence-corrected chi connectivity index (χ4v) is 1.15. The van der Waals surface area contributed by atoms with E-state index in [0.717, 1.165) is 0 Å². The van der Waals surface area contributed by atoms with E-state index in [1.807, 2.05) is 0 Å². The third-order valence-electron chi connectivity index (χ3n) is 1.96. The summed E-state index contributed by atoms with van der Waals surface area (Å²) in [5.74, 6) is -1.25. The standard InChI is InChI=1S/C6H9F3O/c7-6(8,9)5-1-4(2-5)3-10/h4-5,10H,1-3H2/t4-,5+. The molecule has 0 amide bonds. The molecule has 1 aliphatic carbocycles. The number of rotatable bonds is 1. The molecular weight excluding hydrogens is 145 g/mol. The van der Waals surface area contributed by atoms with E-state index in [4.69, 9.17) is 5.11 Å². The smallest absolute Gasteiger partial charge is 0.391 e. The van der Waals surface area contributed by atoms with Crippen LogP contribution in [0.3, 0.4) is 0 Å². The SMILES string of the molecule is OC[C@H]1C[C@@H](C(F)(F)F)C1. The second-order valence-electron chi connectivity index (χ2n) is 2.76. The Morgan fingerprint density at radius 3 is 2.10 bits per heavy atom. The van der Waals surface area contributed by atoms with Gasteiger partial charge >= 0.3 is 6.18 Å². The molecule has 1 fully saturated rings. The van der Waals surface area contributed by atoms with E-state index in [-0.39, 0.29) is 25.4 Å². The van der Waals surface area contributed by atoms with Crippen LogP contribution >= 0.6 is 0 Å². The van der Waals surface area contributed by atoms with Crippen LogP contribution in [0.2, 0.25) is 0 Å². The second-order valence-corrected chi connectivity index (χ2v) is 2.76. The van der Waals surface area contributed by atoms with Gasteiger partial charge in [0, 0.05) is 6.61 Å². The molecule has 0 bridgehead atoms. The summed E-state index contributed by atoms with van der Waals surface area (Å²) in [6.07, 6.45) is -3.81. The van der Waals surface area contributed by atoms with Crippen LogP contribution < -0.4 is 0 Å². The molecule has 0 atom stereocenters. The van der Waals surface area contributed by atoms with Gasteiger partial charge in [0.25, 0.3) is 0 Å².